The van der Waals surface area contributed by atoms with Crippen LogP contribution in [0.3, 0.4) is 0 Å². The molecule has 3 aromatic rings. The molecule has 0 saturated carbocycles. The Labute approximate surface area is 155 Å². The largest absolute Gasteiger partial charge is 0.504 e. The van der Waals surface area contributed by atoms with E-state index in [-0.39, 0.29) is 17.3 Å². The number of carbonyl (C=O) groups excluding carboxylic acids is 1. The molecule has 3 N–H and O–H groups in total. The lowest BCUT2D eigenvalue weighted by Crippen LogP contribution is -2.16. The molecule has 0 radical (unpaired) electrons. The molecule has 0 unspecified atom stereocenters. The predicted octanol–water partition coefficient (Wildman–Crippen LogP) is 4.45. The first-order valence-corrected chi connectivity index (χ1v) is 8.09. The van der Waals surface area contributed by atoms with Crippen molar-refractivity contribution in [2.24, 2.45) is 0 Å². The van der Waals surface area contributed by atoms with E-state index in [1.165, 1.54) is 30.5 Å². The Morgan fingerprint density at radius 3 is 2.31 bits per heavy atom. The van der Waals surface area contributed by atoms with Gasteiger partial charge in [0.2, 0.25) is 0 Å². The van der Waals surface area contributed by atoms with Crippen LogP contribution in [0.1, 0.15) is 10.4 Å². The topological polar surface area (TPSA) is 82.5 Å². The fourth-order valence-corrected chi connectivity index (χ4v) is 2.85. The number of hydrogen-bond acceptors (Lipinski definition) is 4. The van der Waals surface area contributed by atoms with E-state index in [1.807, 2.05) is 0 Å². The summed E-state index contributed by atoms with van der Waals surface area (Å²) in [5.41, 5.74) is 0.456. The van der Waals surface area contributed by atoms with Crippen LogP contribution >= 0.6 is 15.9 Å². The lowest BCUT2D eigenvalue weighted by atomic mass is 10.1. The standard InChI is InChI=1S/C18H11BrF2N2O3/c19-11-7-15(25)14(24)6-10(11)9-4-5-16(22-8-9)23-18(26)17-12(20)2-1-3-13(17)21/h1-8,24-25H,(H,22,23,26). The lowest BCUT2D eigenvalue weighted by Gasteiger charge is -2.09. The Morgan fingerprint density at radius 2 is 1.69 bits per heavy atom. The van der Waals surface area contributed by atoms with Gasteiger partial charge in [0, 0.05) is 21.8 Å². The van der Waals surface area contributed by atoms with Crippen molar-refractivity contribution >= 4 is 27.7 Å². The maximum atomic E-state index is 13.6. The van der Waals surface area contributed by atoms with Crippen molar-refractivity contribution < 1.29 is 23.8 Å². The smallest absolute Gasteiger partial charge is 0.262 e. The molecule has 1 amide bonds. The molecule has 0 bridgehead atoms. The second-order valence-corrected chi connectivity index (χ2v) is 6.16. The zero-order valence-electron chi connectivity index (χ0n) is 13.0. The molecule has 1 heterocycles. The Kier molecular flexibility index (Phi) is 4.85. The highest BCUT2D eigenvalue weighted by Gasteiger charge is 2.17. The number of nitrogens with zero attached hydrogens (tertiary/aromatic N) is 1. The van der Waals surface area contributed by atoms with Gasteiger partial charge in [0.15, 0.2) is 11.5 Å². The number of benzene rings is 2. The minimum Gasteiger partial charge on any atom is -0.504 e. The maximum Gasteiger partial charge on any atom is 0.262 e. The summed E-state index contributed by atoms with van der Waals surface area (Å²) in [4.78, 5) is 16.1. The Balaban J connectivity index is 1.85. The molecule has 26 heavy (non-hydrogen) atoms. The lowest BCUT2D eigenvalue weighted by molar-refractivity contribution is 0.101. The molecule has 3 rings (SSSR count). The van der Waals surface area contributed by atoms with Gasteiger partial charge in [0.1, 0.15) is 23.0 Å². The fraction of sp³-hybridized carbons (Fsp3) is 0. The number of nitrogens with one attached hydrogen (secondary N) is 1. The van der Waals surface area contributed by atoms with Crippen LogP contribution in [-0.2, 0) is 0 Å². The van der Waals surface area contributed by atoms with Gasteiger partial charge in [-0.15, -0.1) is 0 Å². The first-order chi connectivity index (χ1) is 12.4. The number of rotatable bonds is 3. The van der Waals surface area contributed by atoms with Gasteiger partial charge >= 0.3 is 0 Å². The number of phenolic OH excluding ortho intramolecular Hbond substituents is 2. The van der Waals surface area contributed by atoms with Crippen LogP contribution in [0.2, 0.25) is 0 Å². The van der Waals surface area contributed by atoms with E-state index in [4.69, 9.17) is 0 Å². The summed E-state index contributed by atoms with van der Waals surface area (Å²) in [6.07, 6.45) is 1.41. The number of aromatic hydroxyl groups is 2. The molecule has 5 nitrogen and oxygen atoms in total. The number of halogens is 3. The van der Waals surface area contributed by atoms with Crippen molar-refractivity contribution in [2.45, 2.75) is 0 Å². The monoisotopic (exact) mass is 420 g/mol. The van der Waals surface area contributed by atoms with Crippen molar-refractivity contribution in [2.75, 3.05) is 5.32 Å². The average molecular weight is 421 g/mol. The predicted molar refractivity (Wildman–Crippen MR) is 95.0 cm³/mol. The summed E-state index contributed by atoms with van der Waals surface area (Å²) in [7, 11) is 0. The molecule has 0 spiro atoms. The quantitative estimate of drug-likeness (QED) is 0.546. The van der Waals surface area contributed by atoms with Gasteiger partial charge in [-0.25, -0.2) is 13.8 Å². The van der Waals surface area contributed by atoms with E-state index in [1.54, 1.807) is 6.07 Å². The normalized spacial score (nSPS) is 10.6. The molecule has 0 aliphatic rings. The summed E-state index contributed by atoms with van der Waals surface area (Å²) in [5, 5.41) is 21.4. The number of hydrogen-bond donors (Lipinski definition) is 3. The molecule has 0 atom stereocenters. The van der Waals surface area contributed by atoms with Crippen molar-refractivity contribution in [3.8, 4) is 22.6 Å². The van der Waals surface area contributed by atoms with Gasteiger partial charge in [-0.3, -0.25) is 4.79 Å². The minimum absolute atomic E-state index is 0.0977. The summed E-state index contributed by atoms with van der Waals surface area (Å²) in [6.45, 7) is 0. The summed E-state index contributed by atoms with van der Waals surface area (Å²) < 4.78 is 27.8. The number of phenols is 2. The van der Waals surface area contributed by atoms with E-state index >= 15 is 0 Å². The molecular formula is C18H11BrF2N2O3. The number of anilines is 1. The molecule has 8 heteroatoms. The second-order valence-electron chi connectivity index (χ2n) is 5.30. The molecule has 0 fully saturated rings. The zero-order chi connectivity index (χ0) is 18.8. The van der Waals surface area contributed by atoms with Crippen LogP contribution in [0.25, 0.3) is 11.1 Å². The number of amides is 1. The van der Waals surface area contributed by atoms with Crippen LogP contribution in [0.4, 0.5) is 14.6 Å². The molecule has 1 aromatic heterocycles. The zero-order valence-corrected chi connectivity index (χ0v) is 14.6. The maximum absolute atomic E-state index is 13.6. The highest BCUT2D eigenvalue weighted by molar-refractivity contribution is 9.10. The first kappa shape index (κ1) is 17.8. The van der Waals surface area contributed by atoms with Gasteiger partial charge in [-0.2, -0.15) is 0 Å². The second kappa shape index (κ2) is 7.09. The van der Waals surface area contributed by atoms with E-state index in [2.05, 4.69) is 26.2 Å². The Morgan fingerprint density at radius 1 is 1.04 bits per heavy atom. The number of carbonyl (C=O) groups is 1. The third kappa shape index (κ3) is 3.50. The third-order valence-electron chi connectivity index (χ3n) is 3.57. The summed E-state index contributed by atoms with van der Waals surface area (Å²) >= 11 is 3.27. The Bertz CT molecular complexity index is 974. The van der Waals surface area contributed by atoms with Crippen molar-refractivity contribution in [3.63, 3.8) is 0 Å². The van der Waals surface area contributed by atoms with Crippen LogP contribution in [0, 0.1) is 11.6 Å². The average Bonchev–Trinajstić information content (AvgIpc) is 2.59. The Hall–Kier alpha value is -3.00. The number of pyridine rings is 1. The van der Waals surface area contributed by atoms with E-state index < -0.39 is 23.1 Å². The summed E-state index contributed by atoms with van der Waals surface area (Å²) in [5.74, 6) is -3.37. The van der Waals surface area contributed by atoms with E-state index in [9.17, 15) is 23.8 Å². The van der Waals surface area contributed by atoms with Crippen LogP contribution in [0.5, 0.6) is 11.5 Å². The minimum atomic E-state index is -0.970. The van der Waals surface area contributed by atoms with Crippen molar-refractivity contribution in [1.29, 1.82) is 0 Å². The fourth-order valence-electron chi connectivity index (χ4n) is 2.29. The van der Waals surface area contributed by atoms with Gasteiger partial charge in [-0.1, -0.05) is 22.0 Å². The van der Waals surface area contributed by atoms with E-state index in [0.29, 0.717) is 15.6 Å². The highest BCUT2D eigenvalue weighted by atomic mass is 79.9. The number of aromatic nitrogens is 1. The third-order valence-corrected chi connectivity index (χ3v) is 4.23. The van der Waals surface area contributed by atoms with Gasteiger partial charge in [0.25, 0.3) is 5.91 Å². The van der Waals surface area contributed by atoms with Crippen LogP contribution in [-0.4, -0.2) is 21.1 Å². The van der Waals surface area contributed by atoms with Crippen molar-refractivity contribution in [3.05, 3.63) is 70.3 Å². The summed E-state index contributed by atoms with van der Waals surface area (Å²) in [6, 6.07) is 8.87. The van der Waals surface area contributed by atoms with Crippen molar-refractivity contribution in [1.82, 2.24) is 4.98 Å². The SMILES string of the molecule is O=C(Nc1ccc(-c2cc(O)c(O)cc2Br)cn1)c1c(F)cccc1F. The first-order valence-electron chi connectivity index (χ1n) is 7.30. The van der Waals surface area contributed by atoms with Gasteiger partial charge < -0.3 is 15.5 Å². The van der Waals surface area contributed by atoms with E-state index in [0.717, 1.165) is 12.1 Å². The molecule has 132 valence electrons. The molecule has 0 saturated heterocycles. The highest BCUT2D eigenvalue weighted by Crippen LogP contribution is 2.37. The molecular weight excluding hydrogens is 410 g/mol. The van der Waals surface area contributed by atoms with Gasteiger partial charge in [-0.05, 0) is 36.4 Å². The molecule has 0 aliphatic heterocycles. The van der Waals surface area contributed by atoms with Crippen LogP contribution < -0.4 is 5.32 Å². The van der Waals surface area contributed by atoms with Crippen LogP contribution in [0.15, 0.2) is 53.1 Å². The molecule has 2 aromatic carbocycles. The van der Waals surface area contributed by atoms with Gasteiger partial charge in [0.05, 0.1) is 0 Å². The molecule has 0 aliphatic carbocycles.